The maximum atomic E-state index is 12.7. The van der Waals surface area contributed by atoms with Gasteiger partial charge in [0.1, 0.15) is 6.54 Å². The first kappa shape index (κ1) is 26.2. The number of likely N-dealkylation sites (tertiary alicyclic amines) is 1. The Hall–Kier alpha value is -1.10. The average molecular weight is 549 g/mol. The predicted octanol–water partition coefficient (Wildman–Crippen LogP) is 1.60. The van der Waals surface area contributed by atoms with Crippen molar-refractivity contribution in [1.82, 2.24) is 24.9 Å². The molecule has 0 bridgehead atoms. The van der Waals surface area contributed by atoms with Gasteiger partial charge in [-0.2, -0.15) is 0 Å². The molecule has 2 amide bonds. The second-order valence-electron chi connectivity index (χ2n) is 9.11. The summed E-state index contributed by atoms with van der Waals surface area (Å²) in [6, 6.07) is 0.459. The molecular weight excluding hydrogens is 507 g/mol. The van der Waals surface area contributed by atoms with Gasteiger partial charge < -0.3 is 20.0 Å². The number of carbonyl (C=O) groups excluding carboxylic acids is 2. The Morgan fingerprint density at radius 2 is 1.48 bits per heavy atom. The smallest absolute Gasteiger partial charge is 0.243 e. The van der Waals surface area contributed by atoms with Crippen LogP contribution in [0.3, 0.4) is 0 Å². The molecule has 0 spiro atoms. The lowest BCUT2D eigenvalue weighted by molar-refractivity contribution is -0.132. The van der Waals surface area contributed by atoms with Crippen molar-refractivity contribution >= 4 is 41.8 Å². The van der Waals surface area contributed by atoms with Gasteiger partial charge in [0.15, 0.2) is 5.96 Å². The molecule has 9 heteroatoms. The van der Waals surface area contributed by atoms with Gasteiger partial charge in [-0.15, -0.1) is 24.0 Å². The number of hydrogen-bond acceptors (Lipinski definition) is 4. The Morgan fingerprint density at radius 3 is 2.06 bits per heavy atom. The monoisotopic (exact) mass is 548 g/mol. The number of amides is 2. The summed E-state index contributed by atoms with van der Waals surface area (Å²) in [5.41, 5.74) is 0. The third-order valence-electron chi connectivity index (χ3n) is 6.54. The highest BCUT2D eigenvalue weighted by Gasteiger charge is 2.26. The number of hydrogen-bond donors (Lipinski definition) is 1. The molecule has 1 saturated carbocycles. The number of likely N-dealkylation sites (N-methyl/N-ethyl adjacent to an activating group) is 1. The largest absolute Gasteiger partial charge is 0.353 e. The van der Waals surface area contributed by atoms with Gasteiger partial charge >= 0.3 is 0 Å². The predicted molar refractivity (Wildman–Crippen MR) is 135 cm³/mol. The van der Waals surface area contributed by atoms with Crippen LogP contribution in [0, 0.1) is 0 Å². The summed E-state index contributed by atoms with van der Waals surface area (Å²) in [5, 5.41) is 3.61. The maximum Gasteiger partial charge on any atom is 0.243 e. The van der Waals surface area contributed by atoms with E-state index in [1.165, 1.54) is 38.5 Å². The third kappa shape index (κ3) is 8.40. The van der Waals surface area contributed by atoms with E-state index in [1.807, 2.05) is 0 Å². The molecular formula is C22H41IN6O2. The van der Waals surface area contributed by atoms with Crippen molar-refractivity contribution in [2.24, 2.45) is 4.99 Å². The fourth-order valence-corrected chi connectivity index (χ4v) is 4.50. The summed E-state index contributed by atoms with van der Waals surface area (Å²) in [6.07, 6.45) is 9.62. The maximum absolute atomic E-state index is 12.7. The van der Waals surface area contributed by atoms with E-state index >= 15 is 0 Å². The molecule has 0 unspecified atom stereocenters. The second kappa shape index (κ2) is 13.4. The molecule has 2 saturated heterocycles. The summed E-state index contributed by atoms with van der Waals surface area (Å²) in [6.45, 7) is 5.91. The van der Waals surface area contributed by atoms with E-state index in [2.05, 4.69) is 25.0 Å². The molecule has 3 rings (SSSR count). The van der Waals surface area contributed by atoms with Gasteiger partial charge in [0.25, 0.3) is 0 Å². The van der Waals surface area contributed by atoms with Crippen molar-refractivity contribution in [1.29, 1.82) is 0 Å². The third-order valence-corrected chi connectivity index (χ3v) is 6.54. The van der Waals surface area contributed by atoms with Gasteiger partial charge in [0.2, 0.25) is 11.8 Å². The standard InChI is InChI=1S/C22H40N6O2.HI/c1-25(2)20(29)17-23-22(24-19-9-5-6-10-19)28-15-13-26(14-16-28)18-21(30)27-11-7-3-4-8-12-27;/h19H,3-18H2,1-2H3,(H,23,24);1H. The Kier molecular flexibility index (Phi) is 11.3. The Balaban J connectivity index is 0.00000341. The first-order valence-electron chi connectivity index (χ1n) is 11.8. The minimum Gasteiger partial charge on any atom is -0.353 e. The molecule has 1 N–H and O–H groups in total. The number of rotatable bonds is 5. The number of nitrogens with zero attached hydrogens (tertiary/aromatic N) is 5. The zero-order chi connectivity index (χ0) is 21.3. The minimum atomic E-state index is 0. The van der Waals surface area contributed by atoms with Gasteiger partial charge in [0, 0.05) is 59.4 Å². The van der Waals surface area contributed by atoms with Gasteiger partial charge in [-0.25, -0.2) is 4.99 Å². The molecule has 2 aliphatic heterocycles. The van der Waals surface area contributed by atoms with Crippen LogP contribution in [0.4, 0.5) is 0 Å². The first-order chi connectivity index (χ1) is 14.5. The number of carbonyl (C=O) groups is 2. The second-order valence-corrected chi connectivity index (χ2v) is 9.11. The molecule has 31 heavy (non-hydrogen) atoms. The number of aliphatic imine (C=N–C) groups is 1. The van der Waals surface area contributed by atoms with Gasteiger partial charge in [-0.1, -0.05) is 25.7 Å². The van der Waals surface area contributed by atoms with E-state index in [-0.39, 0.29) is 42.3 Å². The van der Waals surface area contributed by atoms with E-state index in [0.29, 0.717) is 12.6 Å². The van der Waals surface area contributed by atoms with Gasteiger partial charge in [-0.05, 0) is 25.7 Å². The summed E-state index contributed by atoms with van der Waals surface area (Å²) >= 11 is 0. The fraction of sp³-hybridized carbons (Fsp3) is 0.864. The van der Waals surface area contributed by atoms with Crippen molar-refractivity contribution in [3.05, 3.63) is 0 Å². The highest BCUT2D eigenvalue weighted by molar-refractivity contribution is 14.0. The van der Waals surface area contributed by atoms with Crippen LogP contribution in [-0.4, -0.2) is 110 Å². The Bertz CT molecular complexity index is 593. The summed E-state index contributed by atoms with van der Waals surface area (Å²) in [5.74, 6) is 1.15. The molecule has 3 fully saturated rings. The average Bonchev–Trinajstić information content (AvgIpc) is 3.10. The minimum absolute atomic E-state index is 0. The highest BCUT2D eigenvalue weighted by atomic mass is 127. The van der Waals surface area contributed by atoms with Crippen LogP contribution in [0.25, 0.3) is 0 Å². The summed E-state index contributed by atoms with van der Waals surface area (Å²) < 4.78 is 0. The molecule has 0 aromatic carbocycles. The van der Waals surface area contributed by atoms with Crippen molar-refractivity contribution in [3.8, 4) is 0 Å². The molecule has 3 aliphatic rings. The molecule has 0 atom stereocenters. The van der Waals surface area contributed by atoms with Crippen molar-refractivity contribution in [3.63, 3.8) is 0 Å². The molecule has 0 aromatic heterocycles. The normalized spacial score (nSPS) is 21.4. The summed E-state index contributed by atoms with van der Waals surface area (Å²) in [7, 11) is 3.53. The van der Waals surface area contributed by atoms with Crippen molar-refractivity contribution in [2.45, 2.75) is 57.4 Å². The lowest BCUT2D eigenvalue weighted by atomic mass is 10.2. The van der Waals surface area contributed by atoms with E-state index in [1.54, 1.807) is 19.0 Å². The van der Waals surface area contributed by atoms with Crippen LogP contribution in [0.5, 0.6) is 0 Å². The molecule has 0 radical (unpaired) electrons. The molecule has 0 aromatic rings. The van der Waals surface area contributed by atoms with Crippen LogP contribution in [-0.2, 0) is 9.59 Å². The number of piperazine rings is 1. The Morgan fingerprint density at radius 1 is 0.871 bits per heavy atom. The van der Waals surface area contributed by atoms with Crippen molar-refractivity contribution in [2.75, 3.05) is 66.5 Å². The van der Waals surface area contributed by atoms with Crippen LogP contribution in [0.2, 0.25) is 0 Å². The van der Waals surface area contributed by atoms with E-state index < -0.39 is 0 Å². The zero-order valence-corrected chi connectivity index (χ0v) is 21.7. The van der Waals surface area contributed by atoms with Gasteiger partial charge in [0.05, 0.1) is 6.54 Å². The van der Waals surface area contributed by atoms with E-state index in [9.17, 15) is 9.59 Å². The van der Waals surface area contributed by atoms with E-state index in [4.69, 9.17) is 0 Å². The first-order valence-corrected chi connectivity index (χ1v) is 11.8. The van der Waals surface area contributed by atoms with Crippen LogP contribution < -0.4 is 5.32 Å². The lowest BCUT2D eigenvalue weighted by Gasteiger charge is -2.37. The van der Waals surface area contributed by atoms with Crippen LogP contribution >= 0.6 is 24.0 Å². The van der Waals surface area contributed by atoms with E-state index in [0.717, 1.165) is 58.1 Å². The number of guanidine groups is 1. The quantitative estimate of drug-likeness (QED) is 0.321. The topological polar surface area (TPSA) is 71.5 Å². The van der Waals surface area contributed by atoms with Gasteiger partial charge in [-0.3, -0.25) is 14.5 Å². The van der Waals surface area contributed by atoms with Crippen LogP contribution in [0.1, 0.15) is 51.4 Å². The lowest BCUT2D eigenvalue weighted by Crippen LogP contribution is -2.55. The number of halogens is 1. The fourth-order valence-electron chi connectivity index (χ4n) is 4.50. The Labute approximate surface area is 204 Å². The zero-order valence-electron chi connectivity index (χ0n) is 19.4. The number of nitrogens with one attached hydrogen (secondary N) is 1. The van der Waals surface area contributed by atoms with Crippen LogP contribution in [0.15, 0.2) is 4.99 Å². The summed E-state index contributed by atoms with van der Waals surface area (Å²) in [4.78, 5) is 37.6. The molecule has 8 nitrogen and oxygen atoms in total. The molecule has 2 heterocycles. The van der Waals surface area contributed by atoms with Crippen molar-refractivity contribution < 1.29 is 9.59 Å². The molecule has 1 aliphatic carbocycles. The SMILES string of the molecule is CN(C)C(=O)CN=C(NC1CCCC1)N1CCN(CC(=O)N2CCCCCC2)CC1.I. The highest BCUT2D eigenvalue weighted by Crippen LogP contribution is 2.18. The molecule has 178 valence electrons.